The normalized spacial score (nSPS) is 25.4. The second-order valence-corrected chi connectivity index (χ2v) is 6.04. The summed E-state index contributed by atoms with van der Waals surface area (Å²) in [4.78, 5) is 10.5. The summed E-state index contributed by atoms with van der Waals surface area (Å²) in [7, 11) is 1.72. The molecule has 1 fully saturated rings. The Balaban J connectivity index is 2.05. The molecule has 1 aromatic carbocycles. The van der Waals surface area contributed by atoms with Gasteiger partial charge in [0.05, 0.1) is 10.5 Å². The monoisotopic (exact) mass is 293 g/mol. The van der Waals surface area contributed by atoms with Gasteiger partial charge in [-0.15, -0.1) is 0 Å². The number of hydrogen-bond acceptors (Lipinski definition) is 5. The minimum absolute atomic E-state index is 0.0357. The summed E-state index contributed by atoms with van der Waals surface area (Å²) in [6.07, 6.45) is 3.59. The van der Waals surface area contributed by atoms with Crippen molar-refractivity contribution < 1.29 is 10.0 Å². The zero-order valence-electron chi connectivity index (χ0n) is 12.6. The first-order valence-electron chi connectivity index (χ1n) is 7.35. The summed E-state index contributed by atoms with van der Waals surface area (Å²) in [5.41, 5.74) is 0.655. The molecule has 0 saturated heterocycles. The number of nitro groups is 1. The fraction of sp³-hybridized carbons (Fsp3) is 0.600. The van der Waals surface area contributed by atoms with Crippen LogP contribution in [0.1, 0.15) is 32.6 Å². The van der Waals surface area contributed by atoms with Gasteiger partial charge in [-0.3, -0.25) is 10.1 Å². The van der Waals surface area contributed by atoms with Gasteiger partial charge in [-0.05, 0) is 37.7 Å². The average molecular weight is 293 g/mol. The predicted octanol–water partition coefficient (Wildman–Crippen LogP) is 2.99. The number of hydrogen-bond donors (Lipinski definition) is 3. The number of non-ortho nitro benzene ring substituents is 1. The lowest BCUT2D eigenvalue weighted by Crippen LogP contribution is -2.40. The summed E-state index contributed by atoms with van der Waals surface area (Å²) in [6.45, 7) is 2.62. The van der Waals surface area contributed by atoms with Crippen molar-refractivity contribution in [3.63, 3.8) is 0 Å². The summed E-state index contributed by atoms with van der Waals surface area (Å²) in [5.74, 6) is 0.666. The molecule has 0 amide bonds. The van der Waals surface area contributed by atoms with Crippen molar-refractivity contribution in [1.29, 1.82) is 0 Å². The standard InChI is InChI=1S/C15H23N3O3/c1-11-3-5-15(19,6-4-11)10-17-13-7-12(16-2)8-14(9-13)18(20)21/h7-9,11,16-17,19H,3-6,10H2,1-2H3. The number of rotatable bonds is 5. The molecular weight excluding hydrogens is 270 g/mol. The maximum atomic E-state index is 10.9. The highest BCUT2D eigenvalue weighted by molar-refractivity contribution is 5.63. The molecule has 0 aliphatic heterocycles. The van der Waals surface area contributed by atoms with Crippen molar-refractivity contribution in [2.45, 2.75) is 38.2 Å². The van der Waals surface area contributed by atoms with Crippen molar-refractivity contribution >= 4 is 17.1 Å². The van der Waals surface area contributed by atoms with Gasteiger partial charge in [-0.25, -0.2) is 0 Å². The van der Waals surface area contributed by atoms with E-state index in [1.807, 2.05) is 6.07 Å². The Labute approximate surface area is 124 Å². The SMILES string of the molecule is CNc1cc(NCC2(O)CCC(C)CC2)cc([N+](=O)[O-])c1. The second-order valence-electron chi connectivity index (χ2n) is 6.04. The molecule has 21 heavy (non-hydrogen) atoms. The summed E-state index contributed by atoms with van der Waals surface area (Å²) in [5, 5.41) is 27.5. The van der Waals surface area contributed by atoms with Gasteiger partial charge in [0.25, 0.3) is 5.69 Å². The van der Waals surface area contributed by atoms with Gasteiger partial charge < -0.3 is 15.7 Å². The molecule has 0 atom stereocenters. The smallest absolute Gasteiger partial charge is 0.273 e. The largest absolute Gasteiger partial charge is 0.388 e. The van der Waals surface area contributed by atoms with Crippen LogP contribution in [-0.4, -0.2) is 29.2 Å². The molecule has 0 unspecified atom stereocenters. The Morgan fingerprint density at radius 2 is 1.95 bits per heavy atom. The van der Waals surface area contributed by atoms with Gasteiger partial charge >= 0.3 is 0 Å². The van der Waals surface area contributed by atoms with Crippen molar-refractivity contribution in [3.05, 3.63) is 28.3 Å². The highest BCUT2D eigenvalue weighted by Gasteiger charge is 2.31. The summed E-state index contributed by atoms with van der Waals surface area (Å²) < 4.78 is 0. The highest BCUT2D eigenvalue weighted by Crippen LogP contribution is 2.32. The molecule has 0 aromatic heterocycles. The lowest BCUT2D eigenvalue weighted by molar-refractivity contribution is -0.384. The van der Waals surface area contributed by atoms with E-state index in [1.54, 1.807) is 7.05 Å². The Hall–Kier alpha value is -1.82. The van der Waals surface area contributed by atoms with E-state index >= 15 is 0 Å². The Morgan fingerprint density at radius 3 is 2.52 bits per heavy atom. The molecule has 1 aliphatic carbocycles. The Bertz CT molecular complexity index is 511. The van der Waals surface area contributed by atoms with E-state index in [-0.39, 0.29) is 5.69 Å². The lowest BCUT2D eigenvalue weighted by atomic mass is 9.79. The third-order valence-corrected chi connectivity index (χ3v) is 4.24. The number of nitrogens with one attached hydrogen (secondary N) is 2. The van der Waals surface area contributed by atoms with Crippen LogP contribution in [0.2, 0.25) is 0 Å². The number of nitro benzene ring substituents is 1. The van der Waals surface area contributed by atoms with Gasteiger partial charge in [0.15, 0.2) is 0 Å². The van der Waals surface area contributed by atoms with Crippen molar-refractivity contribution in [2.24, 2.45) is 5.92 Å². The van der Waals surface area contributed by atoms with Crippen LogP contribution >= 0.6 is 0 Å². The maximum Gasteiger partial charge on any atom is 0.273 e. The third kappa shape index (κ3) is 4.07. The minimum Gasteiger partial charge on any atom is -0.388 e. The first kappa shape index (κ1) is 15.6. The van der Waals surface area contributed by atoms with Gasteiger partial charge in [0, 0.05) is 37.1 Å². The van der Waals surface area contributed by atoms with E-state index in [0.717, 1.165) is 25.7 Å². The van der Waals surface area contributed by atoms with Crippen LogP contribution in [0.15, 0.2) is 18.2 Å². The van der Waals surface area contributed by atoms with Crippen molar-refractivity contribution in [2.75, 3.05) is 24.2 Å². The summed E-state index contributed by atoms with van der Waals surface area (Å²) >= 11 is 0. The van der Waals surface area contributed by atoms with Crippen LogP contribution in [0.25, 0.3) is 0 Å². The average Bonchev–Trinajstić information content (AvgIpc) is 2.48. The van der Waals surface area contributed by atoms with Crippen LogP contribution in [0.5, 0.6) is 0 Å². The van der Waals surface area contributed by atoms with Gasteiger partial charge in [-0.1, -0.05) is 6.92 Å². The first-order chi connectivity index (χ1) is 9.92. The molecule has 1 aromatic rings. The van der Waals surface area contributed by atoms with E-state index < -0.39 is 10.5 Å². The molecule has 0 spiro atoms. The highest BCUT2D eigenvalue weighted by atomic mass is 16.6. The number of benzene rings is 1. The first-order valence-corrected chi connectivity index (χ1v) is 7.35. The number of anilines is 2. The van der Waals surface area contributed by atoms with Gasteiger partial charge in [-0.2, -0.15) is 0 Å². The van der Waals surface area contributed by atoms with Gasteiger partial charge in [0.2, 0.25) is 0 Å². The quantitative estimate of drug-likeness (QED) is 0.574. The zero-order chi connectivity index (χ0) is 15.5. The second kappa shape index (κ2) is 6.30. The van der Waals surface area contributed by atoms with Crippen LogP contribution in [0.4, 0.5) is 17.1 Å². The molecule has 2 rings (SSSR count). The van der Waals surface area contributed by atoms with Crippen molar-refractivity contribution in [3.8, 4) is 0 Å². The molecule has 0 heterocycles. The van der Waals surface area contributed by atoms with Crippen LogP contribution in [0.3, 0.4) is 0 Å². The molecular formula is C15H23N3O3. The van der Waals surface area contributed by atoms with Crippen LogP contribution in [-0.2, 0) is 0 Å². The van der Waals surface area contributed by atoms with Crippen LogP contribution < -0.4 is 10.6 Å². The number of nitrogens with zero attached hydrogens (tertiary/aromatic N) is 1. The Morgan fingerprint density at radius 1 is 1.33 bits per heavy atom. The topological polar surface area (TPSA) is 87.4 Å². The molecule has 0 bridgehead atoms. The van der Waals surface area contributed by atoms with Crippen molar-refractivity contribution in [1.82, 2.24) is 0 Å². The lowest BCUT2D eigenvalue weighted by Gasteiger charge is -2.35. The van der Waals surface area contributed by atoms with E-state index in [0.29, 0.717) is 23.8 Å². The van der Waals surface area contributed by atoms with Crippen LogP contribution in [0, 0.1) is 16.0 Å². The third-order valence-electron chi connectivity index (χ3n) is 4.24. The molecule has 3 N–H and O–H groups in total. The molecule has 1 aliphatic rings. The van der Waals surface area contributed by atoms with Gasteiger partial charge in [0.1, 0.15) is 0 Å². The zero-order valence-corrected chi connectivity index (χ0v) is 12.6. The maximum absolute atomic E-state index is 10.9. The fourth-order valence-electron chi connectivity index (χ4n) is 2.71. The molecule has 6 nitrogen and oxygen atoms in total. The van der Waals surface area contributed by atoms with E-state index in [1.165, 1.54) is 12.1 Å². The fourth-order valence-corrected chi connectivity index (χ4v) is 2.71. The predicted molar refractivity (Wildman–Crippen MR) is 83.7 cm³/mol. The molecule has 116 valence electrons. The minimum atomic E-state index is -0.711. The summed E-state index contributed by atoms with van der Waals surface area (Å²) in [6, 6.07) is 4.79. The molecule has 1 saturated carbocycles. The van der Waals surface area contributed by atoms with E-state index in [4.69, 9.17) is 0 Å². The molecule has 0 radical (unpaired) electrons. The Kier molecular flexibility index (Phi) is 4.67. The molecule has 6 heteroatoms. The van der Waals surface area contributed by atoms with E-state index in [2.05, 4.69) is 17.6 Å². The number of aliphatic hydroxyl groups is 1. The van der Waals surface area contributed by atoms with E-state index in [9.17, 15) is 15.2 Å².